The van der Waals surface area contributed by atoms with Crippen LogP contribution in [-0.4, -0.2) is 37.0 Å². The quantitative estimate of drug-likeness (QED) is 0.902. The minimum absolute atomic E-state index is 0. The van der Waals surface area contributed by atoms with Gasteiger partial charge in [0.25, 0.3) is 0 Å². The van der Waals surface area contributed by atoms with E-state index in [9.17, 15) is 4.79 Å². The van der Waals surface area contributed by atoms with Gasteiger partial charge < -0.3 is 10.2 Å². The average molecular weight is 335 g/mol. The lowest BCUT2D eigenvalue weighted by molar-refractivity contribution is -0.136. The fourth-order valence-electron chi connectivity index (χ4n) is 4.87. The molecule has 0 unspecified atom stereocenters. The van der Waals surface area contributed by atoms with Gasteiger partial charge in [-0.05, 0) is 37.2 Å². The van der Waals surface area contributed by atoms with Crippen molar-refractivity contribution in [3.05, 3.63) is 35.4 Å². The summed E-state index contributed by atoms with van der Waals surface area (Å²) in [7, 11) is 0. The molecule has 1 aromatic carbocycles. The van der Waals surface area contributed by atoms with E-state index >= 15 is 0 Å². The van der Waals surface area contributed by atoms with Crippen LogP contribution >= 0.6 is 12.4 Å². The molecule has 1 aromatic rings. The number of benzene rings is 1. The first-order valence-electron chi connectivity index (χ1n) is 8.76. The zero-order chi connectivity index (χ0) is 15.2. The Morgan fingerprint density at radius 2 is 1.83 bits per heavy atom. The molecule has 2 heterocycles. The van der Waals surface area contributed by atoms with Gasteiger partial charge in [0, 0.05) is 26.2 Å². The molecule has 0 aromatic heterocycles. The topological polar surface area (TPSA) is 32.3 Å². The van der Waals surface area contributed by atoms with Crippen molar-refractivity contribution in [2.45, 2.75) is 38.0 Å². The molecule has 0 bridgehead atoms. The number of fused-ring (bicyclic) bond motifs is 1. The number of amides is 1. The third kappa shape index (κ3) is 2.78. The third-order valence-corrected chi connectivity index (χ3v) is 6.11. The van der Waals surface area contributed by atoms with Crippen LogP contribution in [0.4, 0.5) is 0 Å². The van der Waals surface area contributed by atoms with E-state index in [0.29, 0.717) is 17.7 Å². The average Bonchev–Trinajstić information content (AvgIpc) is 3.22. The lowest BCUT2D eigenvalue weighted by atomic mass is 9.77. The summed E-state index contributed by atoms with van der Waals surface area (Å²) in [6.45, 7) is 6.23. The molecule has 1 saturated carbocycles. The molecule has 3 fully saturated rings. The maximum Gasteiger partial charge on any atom is 0.233 e. The van der Waals surface area contributed by atoms with Crippen molar-refractivity contribution in [3.63, 3.8) is 0 Å². The van der Waals surface area contributed by atoms with Crippen molar-refractivity contribution >= 4 is 18.3 Å². The lowest BCUT2D eigenvalue weighted by Gasteiger charge is -2.33. The second-order valence-corrected chi connectivity index (χ2v) is 7.55. The number of hydrogen-bond acceptors (Lipinski definition) is 2. The van der Waals surface area contributed by atoms with Crippen LogP contribution in [0.1, 0.15) is 36.8 Å². The number of nitrogens with one attached hydrogen (secondary N) is 1. The molecule has 1 aliphatic carbocycles. The molecule has 4 heteroatoms. The molecule has 0 spiro atoms. The van der Waals surface area contributed by atoms with Gasteiger partial charge in [-0.1, -0.05) is 42.7 Å². The zero-order valence-corrected chi connectivity index (χ0v) is 14.7. The number of carbonyl (C=O) groups excluding carboxylic acids is 1. The summed E-state index contributed by atoms with van der Waals surface area (Å²) < 4.78 is 0. The summed E-state index contributed by atoms with van der Waals surface area (Å²) in [5, 5.41) is 3.46. The van der Waals surface area contributed by atoms with Crippen molar-refractivity contribution in [3.8, 4) is 0 Å². The van der Waals surface area contributed by atoms with Gasteiger partial charge >= 0.3 is 0 Å². The van der Waals surface area contributed by atoms with Crippen molar-refractivity contribution in [2.75, 3.05) is 26.2 Å². The Hall–Kier alpha value is -1.06. The molecule has 1 amide bonds. The maximum atomic E-state index is 13.4. The predicted octanol–water partition coefficient (Wildman–Crippen LogP) is 2.91. The summed E-state index contributed by atoms with van der Waals surface area (Å²) in [6.07, 6.45) is 4.42. The minimum Gasteiger partial charge on any atom is -0.341 e. The highest BCUT2D eigenvalue weighted by atomic mass is 35.5. The van der Waals surface area contributed by atoms with Crippen molar-refractivity contribution in [2.24, 2.45) is 11.8 Å². The normalized spacial score (nSPS) is 28.5. The summed E-state index contributed by atoms with van der Waals surface area (Å²) >= 11 is 0. The molecule has 23 heavy (non-hydrogen) atoms. The Bertz CT molecular complexity index is 570. The van der Waals surface area contributed by atoms with E-state index in [1.54, 1.807) is 0 Å². The summed E-state index contributed by atoms with van der Waals surface area (Å²) in [5.41, 5.74) is 2.28. The van der Waals surface area contributed by atoms with Gasteiger partial charge in [0.15, 0.2) is 0 Å². The Morgan fingerprint density at radius 1 is 1.17 bits per heavy atom. The number of nitrogens with zero attached hydrogens (tertiary/aromatic N) is 1. The number of halogens is 1. The Balaban J connectivity index is 0.00000156. The number of hydrogen-bond donors (Lipinski definition) is 1. The number of aryl methyl sites for hydroxylation is 1. The number of likely N-dealkylation sites (tertiary alicyclic amines) is 1. The predicted molar refractivity (Wildman–Crippen MR) is 95.0 cm³/mol. The van der Waals surface area contributed by atoms with E-state index in [0.717, 1.165) is 39.0 Å². The van der Waals surface area contributed by atoms with Crippen LogP contribution in [-0.2, 0) is 10.2 Å². The van der Waals surface area contributed by atoms with E-state index in [2.05, 4.69) is 41.4 Å². The van der Waals surface area contributed by atoms with Gasteiger partial charge in [0.05, 0.1) is 5.41 Å². The number of carbonyl (C=O) groups is 1. The van der Waals surface area contributed by atoms with Gasteiger partial charge in [0.2, 0.25) is 5.91 Å². The van der Waals surface area contributed by atoms with Crippen LogP contribution in [0.3, 0.4) is 0 Å². The van der Waals surface area contributed by atoms with Crippen LogP contribution in [0.2, 0.25) is 0 Å². The van der Waals surface area contributed by atoms with Gasteiger partial charge in [-0.2, -0.15) is 0 Å². The molecule has 2 aliphatic heterocycles. The Labute approximate surface area is 145 Å². The van der Waals surface area contributed by atoms with E-state index < -0.39 is 0 Å². The zero-order valence-electron chi connectivity index (χ0n) is 13.9. The fourth-order valence-corrected chi connectivity index (χ4v) is 4.87. The van der Waals surface area contributed by atoms with Crippen LogP contribution in [0.15, 0.2) is 24.3 Å². The standard InChI is InChI=1S/C19H26N2O.ClH/c1-14-5-4-6-17(9-14)19(7-2-3-8-19)18(22)21-12-15-10-20-11-16(15)13-21;/h4-6,9,15-16,20H,2-3,7-8,10-13H2,1H3;1H/t15-,16+;. The third-order valence-electron chi connectivity index (χ3n) is 6.11. The fraction of sp³-hybridized carbons (Fsp3) is 0.632. The van der Waals surface area contributed by atoms with Gasteiger partial charge in [-0.3, -0.25) is 4.79 Å². The second-order valence-electron chi connectivity index (χ2n) is 7.55. The smallest absolute Gasteiger partial charge is 0.233 e. The maximum absolute atomic E-state index is 13.4. The van der Waals surface area contributed by atoms with Gasteiger partial charge in [0.1, 0.15) is 0 Å². The summed E-state index contributed by atoms with van der Waals surface area (Å²) in [5.74, 6) is 1.77. The largest absolute Gasteiger partial charge is 0.341 e. The van der Waals surface area contributed by atoms with Gasteiger partial charge in [-0.15, -0.1) is 12.4 Å². The van der Waals surface area contributed by atoms with E-state index in [1.165, 1.54) is 24.0 Å². The first-order chi connectivity index (χ1) is 10.7. The molecule has 126 valence electrons. The highest BCUT2D eigenvalue weighted by Crippen LogP contribution is 2.44. The van der Waals surface area contributed by atoms with Crippen LogP contribution in [0.25, 0.3) is 0 Å². The highest BCUT2D eigenvalue weighted by Gasteiger charge is 2.48. The Kier molecular flexibility index (Phi) is 4.70. The van der Waals surface area contributed by atoms with Crippen molar-refractivity contribution in [1.29, 1.82) is 0 Å². The van der Waals surface area contributed by atoms with Gasteiger partial charge in [-0.25, -0.2) is 0 Å². The van der Waals surface area contributed by atoms with Crippen molar-refractivity contribution < 1.29 is 4.79 Å². The van der Waals surface area contributed by atoms with E-state index in [-0.39, 0.29) is 17.8 Å². The number of rotatable bonds is 2. The van der Waals surface area contributed by atoms with Crippen LogP contribution < -0.4 is 5.32 Å². The second kappa shape index (κ2) is 6.45. The molecule has 4 rings (SSSR count). The molecular weight excluding hydrogens is 308 g/mol. The molecule has 2 saturated heterocycles. The molecule has 3 nitrogen and oxygen atoms in total. The first kappa shape index (κ1) is 16.8. The molecule has 3 aliphatic rings. The molecular formula is C19H27ClN2O. The monoisotopic (exact) mass is 334 g/mol. The molecule has 2 atom stereocenters. The highest BCUT2D eigenvalue weighted by molar-refractivity contribution is 5.89. The molecule has 0 radical (unpaired) electrons. The molecule has 1 N–H and O–H groups in total. The Morgan fingerprint density at radius 3 is 2.43 bits per heavy atom. The van der Waals surface area contributed by atoms with Crippen LogP contribution in [0, 0.1) is 18.8 Å². The van der Waals surface area contributed by atoms with E-state index in [4.69, 9.17) is 0 Å². The summed E-state index contributed by atoms with van der Waals surface area (Å²) in [6, 6.07) is 8.65. The SMILES string of the molecule is Cc1cccc(C2(C(=O)N3C[C@H]4CNC[C@H]4C3)CCCC2)c1.Cl. The summed E-state index contributed by atoms with van der Waals surface area (Å²) in [4.78, 5) is 15.6. The van der Waals surface area contributed by atoms with Crippen molar-refractivity contribution in [1.82, 2.24) is 10.2 Å². The van der Waals surface area contributed by atoms with E-state index in [1.807, 2.05) is 0 Å². The lowest BCUT2D eigenvalue weighted by Crippen LogP contribution is -2.45. The minimum atomic E-state index is -0.238. The first-order valence-corrected chi connectivity index (χ1v) is 8.76. The van der Waals surface area contributed by atoms with Crippen LogP contribution in [0.5, 0.6) is 0 Å².